The molecule has 1 atom stereocenters. The van der Waals surface area contributed by atoms with Gasteiger partial charge in [-0.05, 0) is 39.0 Å². The van der Waals surface area contributed by atoms with E-state index in [2.05, 4.69) is 15.7 Å². The highest BCUT2D eigenvalue weighted by Crippen LogP contribution is 2.36. The third-order valence-corrected chi connectivity index (χ3v) is 3.99. The van der Waals surface area contributed by atoms with Crippen LogP contribution in [0, 0.1) is 0 Å². The zero-order valence-corrected chi connectivity index (χ0v) is 14.2. The van der Waals surface area contributed by atoms with E-state index in [1.807, 2.05) is 13.8 Å². The molecule has 0 radical (unpaired) electrons. The lowest BCUT2D eigenvalue weighted by Gasteiger charge is -2.33. The Morgan fingerprint density at radius 2 is 2.21 bits per heavy atom. The largest absolute Gasteiger partial charge is 0.466 e. The Morgan fingerprint density at radius 3 is 2.88 bits per heavy atom. The van der Waals surface area contributed by atoms with E-state index in [1.165, 1.54) is 13.1 Å². The summed E-state index contributed by atoms with van der Waals surface area (Å²) in [4.78, 5) is 25.0. The Bertz CT molecular complexity index is 817. The summed E-state index contributed by atoms with van der Waals surface area (Å²) in [6, 6.07) is 4.97. The maximum absolute atomic E-state index is 12.6. The molecular formula is C16H17ClN4O3. The molecule has 2 N–H and O–H groups in total. The van der Waals surface area contributed by atoms with Gasteiger partial charge in [0.1, 0.15) is 5.75 Å². The molecule has 0 spiro atoms. The van der Waals surface area contributed by atoms with Gasteiger partial charge in [0.25, 0.3) is 17.4 Å². The Balaban J connectivity index is 1.82. The molecule has 0 saturated heterocycles. The topological polar surface area (TPSA) is 85.3 Å². The van der Waals surface area contributed by atoms with Crippen LogP contribution in [0.5, 0.6) is 5.75 Å². The average molecular weight is 349 g/mol. The smallest absolute Gasteiger partial charge is 0.278 e. The number of hydrogen-bond acceptors (Lipinski definition) is 4. The van der Waals surface area contributed by atoms with E-state index in [1.54, 1.807) is 29.1 Å². The molecule has 8 heteroatoms. The van der Waals surface area contributed by atoms with Gasteiger partial charge in [-0.15, -0.1) is 0 Å². The van der Waals surface area contributed by atoms with Crippen LogP contribution in [-0.4, -0.2) is 27.2 Å². The fraction of sp³-hybridized carbons (Fsp3) is 0.312. The molecule has 1 aromatic heterocycles. The second-order valence-electron chi connectivity index (χ2n) is 5.99. The van der Waals surface area contributed by atoms with Crippen LogP contribution in [0.15, 0.2) is 30.6 Å². The van der Waals surface area contributed by atoms with Crippen molar-refractivity contribution in [1.82, 2.24) is 9.78 Å². The number of carbonyl (C=O) groups is 2. The van der Waals surface area contributed by atoms with Crippen LogP contribution >= 0.6 is 11.6 Å². The zero-order valence-electron chi connectivity index (χ0n) is 13.5. The predicted molar refractivity (Wildman–Crippen MR) is 90.4 cm³/mol. The second kappa shape index (κ2) is 5.83. The van der Waals surface area contributed by atoms with Gasteiger partial charge in [0.15, 0.2) is 0 Å². The number of benzene rings is 1. The van der Waals surface area contributed by atoms with Crippen molar-refractivity contribution >= 4 is 34.8 Å². The molecule has 2 aromatic rings. The van der Waals surface area contributed by atoms with E-state index in [0.717, 1.165) is 0 Å². The van der Waals surface area contributed by atoms with Crippen molar-refractivity contribution in [2.45, 2.75) is 32.4 Å². The summed E-state index contributed by atoms with van der Waals surface area (Å²) >= 11 is 5.90. The van der Waals surface area contributed by atoms with Gasteiger partial charge in [-0.3, -0.25) is 14.3 Å². The highest BCUT2D eigenvalue weighted by molar-refractivity contribution is 6.31. The van der Waals surface area contributed by atoms with Crippen molar-refractivity contribution in [3.8, 4) is 5.75 Å². The van der Waals surface area contributed by atoms with Gasteiger partial charge in [-0.25, -0.2) is 0 Å². The first-order chi connectivity index (χ1) is 11.3. The number of aromatic nitrogens is 2. The Labute approximate surface area is 143 Å². The first-order valence-corrected chi connectivity index (χ1v) is 7.83. The number of ether oxygens (including phenoxy) is 1. The van der Waals surface area contributed by atoms with Crippen LogP contribution in [0.3, 0.4) is 0 Å². The van der Waals surface area contributed by atoms with Crippen LogP contribution in [0.4, 0.5) is 11.4 Å². The minimum absolute atomic E-state index is 0.164. The minimum atomic E-state index is -1.69. The van der Waals surface area contributed by atoms with E-state index in [9.17, 15) is 9.59 Å². The zero-order chi connectivity index (χ0) is 17.5. The van der Waals surface area contributed by atoms with Crippen molar-refractivity contribution in [3.05, 3.63) is 35.6 Å². The van der Waals surface area contributed by atoms with Crippen molar-refractivity contribution in [2.24, 2.45) is 0 Å². The first kappa shape index (κ1) is 16.3. The summed E-state index contributed by atoms with van der Waals surface area (Å²) in [7, 11) is 0. The van der Waals surface area contributed by atoms with E-state index in [0.29, 0.717) is 22.1 Å². The van der Waals surface area contributed by atoms with Gasteiger partial charge in [0, 0.05) is 17.3 Å². The Hall–Kier alpha value is -2.54. The third-order valence-electron chi connectivity index (χ3n) is 3.76. The number of anilines is 2. The van der Waals surface area contributed by atoms with Crippen molar-refractivity contribution in [2.75, 3.05) is 10.6 Å². The lowest BCUT2D eigenvalue weighted by Crippen LogP contribution is -2.56. The van der Waals surface area contributed by atoms with Gasteiger partial charge in [0.05, 0.1) is 17.6 Å². The molecule has 0 bridgehead atoms. The molecule has 2 heterocycles. The quantitative estimate of drug-likeness (QED) is 0.835. The van der Waals surface area contributed by atoms with Gasteiger partial charge >= 0.3 is 0 Å². The average Bonchev–Trinajstić information content (AvgIpc) is 2.97. The van der Waals surface area contributed by atoms with Crippen LogP contribution in [-0.2, 0) is 9.59 Å². The fourth-order valence-corrected chi connectivity index (χ4v) is 2.45. The maximum atomic E-state index is 12.6. The first-order valence-electron chi connectivity index (χ1n) is 7.45. The number of fused-ring (bicyclic) bond motifs is 1. The van der Waals surface area contributed by atoms with E-state index in [4.69, 9.17) is 16.3 Å². The lowest BCUT2D eigenvalue weighted by atomic mass is 10.0. The van der Waals surface area contributed by atoms with Crippen LogP contribution in [0.1, 0.15) is 26.8 Å². The number of halogens is 1. The summed E-state index contributed by atoms with van der Waals surface area (Å²) in [6.45, 7) is 5.36. The molecule has 1 aromatic carbocycles. The highest BCUT2D eigenvalue weighted by atomic mass is 35.5. The fourth-order valence-electron chi connectivity index (χ4n) is 2.28. The highest BCUT2D eigenvalue weighted by Gasteiger charge is 2.47. The molecule has 1 aliphatic heterocycles. The number of carbonyl (C=O) groups excluding carboxylic acids is 2. The summed E-state index contributed by atoms with van der Waals surface area (Å²) in [5.74, 6) is -0.760. The lowest BCUT2D eigenvalue weighted by molar-refractivity contribution is -0.143. The second-order valence-corrected chi connectivity index (χ2v) is 6.42. The van der Waals surface area contributed by atoms with Crippen LogP contribution < -0.4 is 15.4 Å². The van der Waals surface area contributed by atoms with Gasteiger partial charge in [-0.1, -0.05) is 11.6 Å². The third kappa shape index (κ3) is 2.82. The summed E-state index contributed by atoms with van der Waals surface area (Å²) in [6.07, 6.45) is 3.22. The van der Waals surface area contributed by atoms with Crippen molar-refractivity contribution in [1.29, 1.82) is 0 Å². The van der Waals surface area contributed by atoms with Gasteiger partial charge < -0.3 is 15.4 Å². The molecule has 126 valence electrons. The van der Waals surface area contributed by atoms with E-state index >= 15 is 0 Å². The monoisotopic (exact) mass is 348 g/mol. The summed E-state index contributed by atoms with van der Waals surface area (Å²) < 4.78 is 7.37. The molecule has 1 aliphatic rings. The van der Waals surface area contributed by atoms with E-state index in [-0.39, 0.29) is 6.04 Å². The molecule has 24 heavy (non-hydrogen) atoms. The minimum Gasteiger partial charge on any atom is -0.466 e. The SMILES string of the molecule is CC(C)n1cc(NC(=O)C2(C)Oc3ccc(Cl)cc3NC2=O)cn1. The molecule has 0 aliphatic carbocycles. The molecular weight excluding hydrogens is 332 g/mol. The number of nitrogens with one attached hydrogen (secondary N) is 2. The van der Waals surface area contributed by atoms with Crippen molar-refractivity contribution in [3.63, 3.8) is 0 Å². The maximum Gasteiger partial charge on any atom is 0.278 e. The van der Waals surface area contributed by atoms with Gasteiger partial charge in [0.2, 0.25) is 0 Å². The number of amides is 2. The molecule has 1 unspecified atom stereocenters. The number of hydrogen-bond donors (Lipinski definition) is 2. The van der Waals surface area contributed by atoms with Crippen LogP contribution in [0.2, 0.25) is 5.02 Å². The molecule has 7 nitrogen and oxygen atoms in total. The van der Waals surface area contributed by atoms with E-state index < -0.39 is 17.4 Å². The standard InChI is InChI=1S/C16H17ClN4O3/c1-9(2)21-8-11(7-18-21)19-14(22)16(3)15(23)20-12-6-10(17)4-5-13(12)24-16/h4-9H,1-3H3,(H,19,22)(H,20,23). The molecule has 2 amide bonds. The molecule has 3 rings (SSSR count). The normalized spacial score (nSPS) is 19.5. The van der Waals surface area contributed by atoms with Crippen LogP contribution in [0.25, 0.3) is 0 Å². The molecule has 0 fully saturated rings. The summed E-state index contributed by atoms with van der Waals surface area (Å²) in [5, 5.41) is 9.93. The number of rotatable bonds is 3. The Morgan fingerprint density at radius 1 is 1.46 bits per heavy atom. The predicted octanol–water partition coefficient (Wildman–Crippen LogP) is 2.85. The van der Waals surface area contributed by atoms with Gasteiger partial charge in [-0.2, -0.15) is 5.10 Å². The molecule has 0 saturated carbocycles. The Kier molecular flexibility index (Phi) is 3.96. The van der Waals surface area contributed by atoms with Crippen molar-refractivity contribution < 1.29 is 14.3 Å². The number of nitrogens with zero attached hydrogens (tertiary/aromatic N) is 2. The summed E-state index contributed by atoms with van der Waals surface area (Å²) in [5.41, 5.74) is -0.764.